The van der Waals surface area contributed by atoms with E-state index in [-0.39, 0.29) is 0 Å². The Morgan fingerprint density at radius 3 is 2.69 bits per heavy atom. The van der Waals surface area contributed by atoms with E-state index in [2.05, 4.69) is 51.5 Å². The molecule has 1 unspecified atom stereocenters. The van der Waals surface area contributed by atoms with Gasteiger partial charge in [0.1, 0.15) is 6.10 Å². The van der Waals surface area contributed by atoms with Crippen molar-refractivity contribution in [3.8, 4) is 0 Å². The summed E-state index contributed by atoms with van der Waals surface area (Å²) in [6.45, 7) is 2.06. The number of aliphatic hydroxyl groups is 1. The second-order valence-electron chi connectivity index (χ2n) is 3.52. The third-order valence-corrected chi connectivity index (χ3v) is 5.53. The third-order valence-electron chi connectivity index (χ3n) is 2.38. The van der Waals surface area contributed by atoms with Crippen molar-refractivity contribution in [2.24, 2.45) is 0 Å². The predicted molar refractivity (Wildman–Crippen MR) is 80.0 cm³/mol. The minimum absolute atomic E-state index is 0.525. The predicted octanol–water partition coefficient (Wildman–Crippen LogP) is 4.51. The van der Waals surface area contributed by atoms with Gasteiger partial charge < -0.3 is 5.11 Å². The van der Waals surface area contributed by atoms with E-state index in [4.69, 9.17) is 0 Å². The van der Waals surface area contributed by atoms with Crippen LogP contribution in [0.15, 0.2) is 34.1 Å². The van der Waals surface area contributed by atoms with E-state index < -0.39 is 6.10 Å². The number of halogens is 2. The second kappa shape index (κ2) is 5.16. The topological polar surface area (TPSA) is 20.2 Å². The van der Waals surface area contributed by atoms with Crippen LogP contribution in [0.4, 0.5) is 0 Å². The van der Waals surface area contributed by atoms with Crippen LogP contribution >= 0.6 is 49.9 Å². The molecule has 0 aliphatic heterocycles. The fourth-order valence-corrected chi connectivity index (χ4v) is 3.59. The molecular formula is C12H10BrIOS. The van der Waals surface area contributed by atoms with Crippen molar-refractivity contribution in [2.45, 2.75) is 13.0 Å². The number of thiophene rings is 1. The van der Waals surface area contributed by atoms with Gasteiger partial charge >= 0.3 is 0 Å². The van der Waals surface area contributed by atoms with Gasteiger partial charge in [0, 0.05) is 8.45 Å². The lowest BCUT2D eigenvalue weighted by molar-refractivity contribution is 0.223. The quantitative estimate of drug-likeness (QED) is 0.725. The average molecular weight is 409 g/mol. The van der Waals surface area contributed by atoms with E-state index >= 15 is 0 Å². The first-order chi connectivity index (χ1) is 7.59. The van der Waals surface area contributed by atoms with Crippen LogP contribution in [0, 0.1) is 10.5 Å². The molecule has 1 nitrogen and oxygen atoms in total. The molecule has 1 aromatic carbocycles. The Hall–Kier alpha value is 0.0900. The summed E-state index contributed by atoms with van der Waals surface area (Å²) in [6.07, 6.45) is -0.525. The molecular weight excluding hydrogens is 399 g/mol. The molecule has 0 spiro atoms. The van der Waals surface area contributed by atoms with Gasteiger partial charge in [-0.05, 0) is 68.7 Å². The summed E-state index contributed by atoms with van der Waals surface area (Å²) in [5, 5.41) is 10.3. The Kier molecular flexibility index (Phi) is 4.05. The van der Waals surface area contributed by atoms with Crippen molar-refractivity contribution >= 4 is 49.9 Å². The molecule has 0 amide bonds. The van der Waals surface area contributed by atoms with E-state index in [1.54, 1.807) is 11.3 Å². The molecule has 0 aliphatic rings. The summed E-state index contributed by atoms with van der Waals surface area (Å²) in [6, 6.07) is 9.94. The van der Waals surface area contributed by atoms with Crippen molar-refractivity contribution in [3.63, 3.8) is 0 Å². The fourth-order valence-electron chi connectivity index (χ4n) is 1.51. The average Bonchev–Trinajstić information content (AvgIpc) is 2.68. The molecule has 2 aromatic rings. The Morgan fingerprint density at radius 1 is 1.31 bits per heavy atom. The lowest BCUT2D eigenvalue weighted by atomic mass is 10.1. The number of aryl methyl sites for hydroxylation is 1. The van der Waals surface area contributed by atoms with Crippen molar-refractivity contribution < 1.29 is 5.11 Å². The third kappa shape index (κ3) is 2.50. The first-order valence-corrected chi connectivity index (χ1v) is 7.46. The van der Waals surface area contributed by atoms with Gasteiger partial charge in [-0.2, -0.15) is 0 Å². The molecule has 1 aromatic heterocycles. The van der Waals surface area contributed by atoms with Crippen LogP contribution in [0.2, 0.25) is 0 Å². The van der Waals surface area contributed by atoms with Crippen molar-refractivity contribution in [1.82, 2.24) is 0 Å². The highest BCUT2D eigenvalue weighted by atomic mass is 127. The Balaban J connectivity index is 2.41. The van der Waals surface area contributed by atoms with Crippen molar-refractivity contribution in [2.75, 3.05) is 0 Å². The fraction of sp³-hybridized carbons (Fsp3) is 0.167. The van der Waals surface area contributed by atoms with Crippen LogP contribution < -0.4 is 0 Å². The van der Waals surface area contributed by atoms with E-state index in [0.29, 0.717) is 0 Å². The standard InChI is InChI=1S/C12H10BrIOS/c1-7-3-2-4-8(11(7)14)12(15)9-5-6-10(13)16-9/h2-6,12,15H,1H3. The molecule has 0 saturated carbocycles. The normalized spacial score (nSPS) is 12.8. The van der Waals surface area contributed by atoms with E-state index in [9.17, 15) is 5.11 Å². The lowest BCUT2D eigenvalue weighted by Crippen LogP contribution is -2.00. The van der Waals surface area contributed by atoms with Crippen LogP contribution in [0.1, 0.15) is 22.1 Å². The maximum Gasteiger partial charge on any atom is 0.114 e. The monoisotopic (exact) mass is 408 g/mol. The SMILES string of the molecule is Cc1cccc(C(O)c2ccc(Br)s2)c1I. The van der Waals surface area contributed by atoms with Gasteiger partial charge in [0.05, 0.1) is 3.79 Å². The zero-order valence-corrected chi connectivity index (χ0v) is 13.1. The van der Waals surface area contributed by atoms with Gasteiger partial charge in [0.25, 0.3) is 0 Å². The first-order valence-electron chi connectivity index (χ1n) is 4.78. The summed E-state index contributed by atoms with van der Waals surface area (Å²) in [4.78, 5) is 0.968. The molecule has 0 fully saturated rings. The molecule has 4 heteroatoms. The van der Waals surface area contributed by atoms with Gasteiger partial charge in [0.2, 0.25) is 0 Å². The second-order valence-corrected chi connectivity index (χ2v) is 7.10. The lowest BCUT2D eigenvalue weighted by Gasteiger charge is -2.12. The van der Waals surface area contributed by atoms with Gasteiger partial charge in [-0.15, -0.1) is 11.3 Å². The summed E-state index contributed by atoms with van der Waals surface area (Å²) >= 11 is 7.27. The van der Waals surface area contributed by atoms with E-state index in [0.717, 1.165) is 17.8 Å². The zero-order chi connectivity index (χ0) is 11.7. The van der Waals surface area contributed by atoms with Crippen LogP contribution in [-0.2, 0) is 0 Å². The summed E-state index contributed by atoms with van der Waals surface area (Å²) in [5.74, 6) is 0. The number of rotatable bonds is 2. The van der Waals surface area contributed by atoms with Gasteiger partial charge in [-0.1, -0.05) is 18.2 Å². The number of benzene rings is 1. The first kappa shape index (κ1) is 12.5. The molecule has 1 heterocycles. The summed E-state index contributed by atoms with van der Waals surface area (Å²) < 4.78 is 2.18. The minimum atomic E-state index is -0.525. The molecule has 16 heavy (non-hydrogen) atoms. The van der Waals surface area contributed by atoms with Crippen LogP contribution in [-0.4, -0.2) is 5.11 Å². The number of aliphatic hydroxyl groups excluding tert-OH is 1. The number of hydrogen-bond donors (Lipinski definition) is 1. The molecule has 2 rings (SSSR count). The van der Waals surface area contributed by atoms with Crippen molar-refractivity contribution in [3.05, 3.63) is 53.7 Å². The zero-order valence-electron chi connectivity index (χ0n) is 8.58. The van der Waals surface area contributed by atoms with Gasteiger partial charge in [0.15, 0.2) is 0 Å². The van der Waals surface area contributed by atoms with Crippen LogP contribution in [0.3, 0.4) is 0 Å². The molecule has 1 atom stereocenters. The summed E-state index contributed by atoms with van der Waals surface area (Å²) in [5.41, 5.74) is 2.18. The molecule has 0 saturated heterocycles. The molecule has 84 valence electrons. The highest BCUT2D eigenvalue weighted by Gasteiger charge is 2.16. The summed E-state index contributed by atoms with van der Waals surface area (Å²) in [7, 11) is 0. The van der Waals surface area contributed by atoms with Crippen LogP contribution in [0.25, 0.3) is 0 Å². The Labute approximate surface area is 121 Å². The molecule has 0 bridgehead atoms. The Bertz CT molecular complexity index is 509. The molecule has 1 N–H and O–H groups in total. The minimum Gasteiger partial charge on any atom is -0.383 e. The van der Waals surface area contributed by atoms with Gasteiger partial charge in [-0.3, -0.25) is 0 Å². The molecule has 0 aliphatic carbocycles. The highest BCUT2D eigenvalue weighted by molar-refractivity contribution is 14.1. The van der Waals surface area contributed by atoms with Gasteiger partial charge in [-0.25, -0.2) is 0 Å². The maximum atomic E-state index is 10.3. The van der Waals surface area contributed by atoms with E-state index in [1.165, 1.54) is 5.56 Å². The maximum absolute atomic E-state index is 10.3. The highest BCUT2D eigenvalue weighted by Crippen LogP contribution is 2.33. The smallest absolute Gasteiger partial charge is 0.114 e. The molecule has 0 radical (unpaired) electrons. The number of hydrogen-bond acceptors (Lipinski definition) is 2. The van der Waals surface area contributed by atoms with Crippen LogP contribution in [0.5, 0.6) is 0 Å². The van der Waals surface area contributed by atoms with E-state index in [1.807, 2.05) is 24.3 Å². The Morgan fingerprint density at radius 2 is 2.06 bits per heavy atom. The largest absolute Gasteiger partial charge is 0.383 e. The van der Waals surface area contributed by atoms with Crippen molar-refractivity contribution in [1.29, 1.82) is 0 Å².